The molecule has 0 spiro atoms. The number of carboxylic acid groups (broad SMARTS) is 1. The van der Waals surface area contributed by atoms with Crippen molar-refractivity contribution in [2.75, 3.05) is 13.1 Å². The monoisotopic (exact) mass is 348 g/mol. The van der Waals surface area contributed by atoms with Crippen molar-refractivity contribution in [3.05, 3.63) is 45.5 Å². The Bertz CT molecular complexity index is 780. The van der Waals surface area contributed by atoms with Crippen LogP contribution in [-0.2, 0) is 16.0 Å². The molecule has 2 aromatic rings. The molecule has 1 aliphatic rings. The van der Waals surface area contributed by atoms with Crippen LogP contribution in [0.3, 0.4) is 0 Å². The first-order chi connectivity index (χ1) is 11.5. The predicted octanol–water partition coefficient (Wildman–Crippen LogP) is 1.59. The van der Waals surface area contributed by atoms with E-state index in [1.54, 1.807) is 13.0 Å². The van der Waals surface area contributed by atoms with Gasteiger partial charge in [-0.2, -0.15) is 0 Å². The maximum Gasteiger partial charge on any atom is 0.311 e. The van der Waals surface area contributed by atoms with Crippen molar-refractivity contribution in [1.82, 2.24) is 10.2 Å². The molecule has 1 unspecified atom stereocenters. The molecule has 1 atom stereocenters. The number of thiophene rings is 1. The summed E-state index contributed by atoms with van der Waals surface area (Å²) >= 11 is 1.40. The Kier molecular flexibility index (Phi) is 4.39. The van der Waals surface area contributed by atoms with Crippen LogP contribution >= 0.6 is 11.3 Å². The van der Waals surface area contributed by atoms with Crippen molar-refractivity contribution in [2.45, 2.75) is 19.4 Å². The topological polar surface area (TPSA) is 99.8 Å². The number of aryl methyl sites for hydroxylation is 1. The maximum atomic E-state index is 13.0. The van der Waals surface area contributed by atoms with E-state index in [1.807, 2.05) is 11.4 Å². The molecule has 2 amide bonds. The molecule has 1 aliphatic heterocycles. The van der Waals surface area contributed by atoms with Crippen LogP contribution in [0, 0.1) is 6.92 Å². The van der Waals surface area contributed by atoms with E-state index >= 15 is 0 Å². The quantitative estimate of drug-likeness (QED) is 0.874. The molecule has 8 heteroatoms. The maximum absolute atomic E-state index is 13.0. The van der Waals surface area contributed by atoms with Crippen LogP contribution in [0.15, 0.2) is 28.2 Å². The second kappa shape index (κ2) is 6.48. The summed E-state index contributed by atoms with van der Waals surface area (Å²) in [6.07, 6.45) is 0.994. The van der Waals surface area contributed by atoms with Gasteiger partial charge in [-0.1, -0.05) is 6.07 Å². The van der Waals surface area contributed by atoms with E-state index in [0.717, 1.165) is 4.88 Å². The third-order valence-electron chi connectivity index (χ3n) is 3.86. The average Bonchev–Trinajstić information content (AvgIpc) is 3.16. The summed E-state index contributed by atoms with van der Waals surface area (Å²) in [7, 11) is 0. The van der Waals surface area contributed by atoms with Crippen LogP contribution in [0.4, 0.5) is 0 Å². The molecule has 0 radical (unpaired) electrons. The number of piperazine rings is 1. The first-order valence-electron chi connectivity index (χ1n) is 7.40. The largest absolute Gasteiger partial charge is 0.481 e. The van der Waals surface area contributed by atoms with Crippen LogP contribution < -0.4 is 5.32 Å². The highest BCUT2D eigenvalue weighted by Gasteiger charge is 2.37. The van der Waals surface area contributed by atoms with Gasteiger partial charge < -0.3 is 19.7 Å². The van der Waals surface area contributed by atoms with Gasteiger partial charge in [0, 0.05) is 23.5 Å². The number of nitrogens with zero attached hydrogens (tertiary/aromatic N) is 1. The zero-order valence-corrected chi connectivity index (χ0v) is 13.8. The van der Waals surface area contributed by atoms with Crippen LogP contribution in [0.5, 0.6) is 0 Å². The third kappa shape index (κ3) is 2.92. The van der Waals surface area contributed by atoms with Gasteiger partial charge in [0.1, 0.15) is 18.2 Å². The number of aliphatic carboxylic acids is 1. The van der Waals surface area contributed by atoms with Gasteiger partial charge in [0.05, 0.1) is 11.8 Å². The van der Waals surface area contributed by atoms with Gasteiger partial charge in [0.25, 0.3) is 5.91 Å². The van der Waals surface area contributed by atoms with Crippen LogP contribution in [0.1, 0.15) is 32.6 Å². The molecule has 3 heterocycles. The Morgan fingerprint density at radius 2 is 2.29 bits per heavy atom. The number of amides is 2. The normalized spacial score (nSPS) is 17.6. The van der Waals surface area contributed by atoms with Gasteiger partial charge in [0.15, 0.2) is 0 Å². The van der Waals surface area contributed by atoms with E-state index in [0.29, 0.717) is 18.7 Å². The van der Waals surface area contributed by atoms with Gasteiger partial charge in [-0.15, -0.1) is 11.3 Å². The number of nitrogens with one attached hydrogen (secondary N) is 1. The fourth-order valence-corrected chi connectivity index (χ4v) is 3.65. The van der Waals surface area contributed by atoms with Gasteiger partial charge in [-0.05, 0) is 18.4 Å². The average molecular weight is 348 g/mol. The number of furan rings is 1. The van der Waals surface area contributed by atoms with Crippen LogP contribution in [0.25, 0.3) is 0 Å². The van der Waals surface area contributed by atoms with E-state index in [2.05, 4.69) is 5.32 Å². The summed E-state index contributed by atoms with van der Waals surface area (Å²) < 4.78 is 5.24. The van der Waals surface area contributed by atoms with Crippen molar-refractivity contribution in [1.29, 1.82) is 0 Å². The lowest BCUT2D eigenvalue weighted by molar-refractivity contribution is -0.136. The Hall–Kier alpha value is -2.61. The predicted molar refractivity (Wildman–Crippen MR) is 85.9 cm³/mol. The highest BCUT2D eigenvalue weighted by atomic mass is 32.1. The van der Waals surface area contributed by atoms with E-state index < -0.39 is 12.0 Å². The highest BCUT2D eigenvalue weighted by molar-refractivity contribution is 7.10. The minimum Gasteiger partial charge on any atom is -0.481 e. The standard InChI is InChI=1S/C16H16N2O5S/c1-9-8-23-10(7-12(19)20)13(9)16(22)18-5-4-17-15(21)14(18)11-3-2-6-24-11/h2-3,6,8,14H,4-5,7H2,1H3,(H,17,21)(H,19,20). The number of carbonyl (C=O) groups excluding carboxylic acids is 2. The lowest BCUT2D eigenvalue weighted by Gasteiger charge is -2.34. The lowest BCUT2D eigenvalue weighted by Crippen LogP contribution is -2.52. The fourth-order valence-electron chi connectivity index (χ4n) is 2.81. The molecule has 0 bridgehead atoms. The zero-order chi connectivity index (χ0) is 17.3. The molecule has 126 valence electrons. The lowest BCUT2D eigenvalue weighted by atomic mass is 10.0. The molecule has 0 saturated carbocycles. The molecule has 3 rings (SSSR count). The first-order valence-corrected chi connectivity index (χ1v) is 8.28. The Balaban J connectivity index is 1.97. The SMILES string of the molecule is Cc1coc(CC(=O)O)c1C(=O)N1CCNC(=O)C1c1cccs1. The first kappa shape index (κ1) is 16.3. The smallest absolute Gasteiger partial charge is 0.311 e. The molecule has 2 aromatic heterocycles. The molecule has 0 aromatic carbocycles. The summed E-state index contributed by atoms with van der Waals surface area (Å²) in [5.41, 5.74) is 0.792. The molecular formula is C16H16N2O5S. The van der Waals surface area contributed by atoms with Crippen molar-refractivity contribution in [3.63, 3.8) is 0 Å². The molecule has 1 saturated heterocycles. The number of hydrogen-bond acceptors (Lipinski definition) is 5. The minimum atomic E-state index is -1.08. The van der Waals surface area contributed by atoms with Gasteiger partial charge in [-0.3, -0.25) is 14.4 Å². The summed E-state index contributed by atoms with van der Waals surface area (Å²) in [5, 5.41) is 13.6. The summed E-state index contributed by atoms with van der Waals surface area (Å²) in [4.78, 5) is 38.6. The zero-order valence-electron chi connectivity index (χ0n) is 12.9. The molecule has 1 fully saturated rings. The van der Waals surface area contributed by atoms with Crippen LogP contribution in [-0.4, -0.2) is 40.9 Å². The van der Waals surface area contributed by atoms with Crippen LogP contribution in [0.2, 0.25) is 0 Å². The Morgan fingerprint density at radius 3 is 2.96 bits per heavy atom. The van der Waals surface area contributed by atoms with Crippen molar-refractivity contribution < 1.29 is 23.9 Å². The highest BCUT2D eigenvalue weighted by Crippen LogP contribution is 2.30. The Labute approximate surface area is 141 Å². The number of carboxylic acids is 1. The number of rotatable bonds is 4. The van der Waals surface area contributed by atoms with Gasteiger partial charge >= 0.3 is 5.97 Å². The molecule has 24 heavy (non-hydrogen) atoms. The summed E-state index contributed by atoms with van der Waals surface area (Å²) in [6, 6.07) is 2.92. The fraction of sp³-hybridized carbons (Fsp3) is 0.312. The molecule has 2 N–H and O–H groups in total. The number of carbonyl (C=O) groups is 3. The van der Waals surface area contributed by atoms with Gasteiger partial charge in [-0.25, -0.2) is 0 Å². The van der Waals surface area contributed by atoms with Crippen molar-refractivity contribution in [2.24, 2.45) is 0 Å². The second-order valence-corrected chi connectivity index (χ2v) is 6.47. The Morgan fingerprint density at radius 1 is 1.50 bits per heavy atom. The summed E-state index contributed by atoms with van der Waals surface area (Å²) in [5.74, 6) is -1.59. The second-order valence-electron chi connectivity index (χ2n) is 5.49. The molecule has 0 aliphatic carbocycles. The van der Waals surface area contributed by atoms with E-state index in [4.69, 9.17) is 9.52 Å². The summed E-state index contributed by atoms with van der Waals surface area (Å²) in [6.45, 7) is 2.40. The van der Waals surface area contributed by atoms with Crippen molar-refractivity contribution in [3.8, 4) is 0 Å². The minimum absolute atomic E-state index is 0.112. The van der Waals surface area contributed by atoms with E-state index in [9.17, 15) is 14.4 Å². The molecular weight excluding hydrogens is 332 g/mol. The van der Waals surface area contributed by atoms with E-state index in [1.165, 1.54) is 22.5 Å². The van der Waals surface area contributed by atoms with Crippen molar-refractivity contribution >= 4 is 29.1 Å². The van der Waals surface area contributed by atoms with Gasteiger partial charge in [0.2, 0.25) is 5.91 Å². The molecule has 7 nitrogen and oxygen atoms in total. The number of hydrogen-bond donors (Lipinski definition) is 2. The van der Waals surface area contributed by atoms with E-state index in [-0.39, 0.29) is 29.6 Å². The third-order valence-corrected chi connectivity index (χ3v) is 4.79.